The van der Waals surface area contributed by atoms with Gasteiger partial charge in [0.1, 0.15) is 16.9 Å². The van der Waals surface area contributed by atoms with Crippen molar-refractivity contribution in [1.82, 2.24) is 5.32 Å². The van der Waals surface area contributed by atoms with Crippen LogP contribution in [0.1, 0.15) is 53.7 Å². The molecule has 0 bridgehead atoms. The summed E-state index contributed by atoms with van der Waals surface area (Å²) < 4.78 is 95.0. The number of alkyl halides is 3. The van der Waals surface area contributed by atoms with E-state index in [2.05, 4.69) is 10.6 Å². The number of nitrogens with one attached hydrogen (secondary N) is 3. The van der Waals surface area contributed by atoms with Gasteiger partial charge in [-0.25, -0.2) is 17.6 Å². The molecule has 1 atom stereocenters. The van der Waals surface area contributed by atoms with Gasteiger partial charge in [-0.05, 0) is 66.4 Å². The van der Waals surface area contributed by atoms with Gasteiger partial charge in [-0.3, -0.25) is 14.4 Å². The molecule has 49 heavy (non-hydrogen) atoms. The Kier molecular flexibility index (Phi) is 11.5. The Bertz CT molecular complexity index is 1850. The van der Waals surface area contributed by atoms with Crippen molar-refractivity contribution in [2.45, 2.75) is 43.0 Å². The topological polar surface area (TPSA) is 87.3 Å². The Balaban J connectivity index is 1.47. The summed E-state index contributed by atoms with van der Waals surface area (Å²) in [6.45, 7) is 5.36. The molecule has 0 saturated heterocycles. The van der Waals surface area contributed by atoms with Gasteiger partial charge in [0.15, 0.2) is 23.3 Å². The van der Waals surface area contributed by atoms with Gasteiger partial charge in [-0.1, -0.05) is 56.3 Å². The third kappa shape index (κ3) is 9.08. The Hall–Kier alpha value is -5.11. The van der Waals surface area contributed by atoms with Gasteiger partial charge in [-0.2, -0.15) is 13.2 Å². The van der Waals surface area contributed by atoms with Crippen LogP contribution in [0.3, 0.4) is 0 Å². The molecular formula is C35H28F7N3O3S. The summed E-state index contributed by atoms with van der Waals surface area (Å²) >= 11 is 0.838. The van der Waals surface area contributed by atoms with E-state index in [0.29, 0.717) is 21.7 Å². The van der Waals surface area contributed by atoms with Crippen LogP contribution < -0.4 is 16.0 Å². The average molecular weight is 704 g/mol. The molecule has 0 spiro atoms. The third-order valence-corrected chi connectivity index (χ3v) is 8.14. The van der Waals surface area contributed by atoms with Crippen molar-refractivity contribution in [2.24, 2.45) is 0 Å². The molecule has 0 heterocycles. The minimum absolute atomic E-state index is 0.0505. The minimum atomic E-state index is -5.72. The highest BCUT2D eigenvalue weighted by molar-refractivity contribution is 8.00. The van der Waals surface area contributed by atoms with Gasteiger partial charge < -0.3 is 16.0 Å². The summed E-state index contributed by atoms with van der Waals surface area (Å²) in [5, 5.41) is 5.77. The lowest BCUT2D eigenvalue weighted by Gasteiger charge is -2.16. The van der Waals surface area contributed by atoms with E-state index in [-0.39, 0.29) is 11.6 Å². The molecule has 0 aliphatic heterocycles. The van der Waals surface area contributed by atoms with Crippen LogP contribution in [0.15, 0.2) is 89.5 Å². The monoisotopic (exact) mass is 703 g/mol. The molecule has 1 unspecified atom stereocenters. The third-order valence-electron chi connectivity index (χ3n) is 7.03. The quantitative estimate of drug-likeness (QED) is 0.0667. The Morgan fingerprint density at radius 3 is 1.84 bits per heavy atom. The van der Waals surface area contributed by atoms with E-state index in [1.807, 2.05) is 38.1 Å². The zero-order valence-corrected chi connectivity index (χ0v) is 26.8. The highest BCUT2D eigenvalue weighted by Gasteiger charge is 2.42. The molecule has 0 aliphatic carbocycles. The van der Waals surface area contributed by atoms with E-state index in [1.165, 1.54) is 37.3 Å². The number of rotatable bonds is 10. The van der Waals surface area contributed by atoms with Crippen LogP contribution in [0, 0.1) is 23.3 Å². The van der Waals surface area contributed by atoms with Crippen molar-refractivity contribution in [1.29, 1.82) is 0 Å². The standard InChI is InChI=1S/C35H28F7N3O3S/c1-18(2)21-11-9-20(10-12-21)17-25(44-33(47)22-7-5-4-6-8-22)34(48)43-23-13-15-24(16-14-23)49-19(3)32(46)45-31-29(38)27(36)26(35(40,41)42)28(37)30(31)39/h4-19H,1-3H3,(H,43,48)(H,44,47)(H,45,46)/b25-17-. The van der Waals surface area contributed by atoms with Crippen LogP contribution in [0.5, 0.6) is 0 Å². The zero-order chi connectivity index (χ0) is 36.0. The van der Waals surface area contributed by atoms with E-state index < -0.39 is 63.7 Å². The number of benzene rings is 4. The molecule has 256 valence electrons. The van der Waals surface area contributed by atoms with Crippen LogP contribution in [0.4, 0.5) is 42.1 Å². The lowest BCUT2D eigenvalue weighted by molar-refractivity contribution is -0.143. The smallest absolute Gasteiger partial charge is 0.321 e. The maximum atomic E-state index is 14.2. The van der Waals surface area contributed by atoms with E-state index in [9.17, 15) is 45.1 Å². The van der Waals surface area contributed by atoms with Crippen molar-refractivity contribution < 1.29 is 45.1 Å². The van der Waals surface area contributed by atoms with Crippen molar-refractivity contribution >= 4 is 46.9 Å². The van der Waals surface area contributed by atoms with Gasteiger partial charge in [-0.15, -0.1) is 11.8 Å². The summed E-state index contributed by atoms with van der Waals surface area (Å²) in [7, 11) is 0. The average Bonchev–Trinajstić information content (AvgIpc) is 3.06. The second-order valence-corrected chi connectivity index (χ2v) is 12.3. The first kappa shape index (κ1) is 36.7. The van der Waals surface area contributed by atoms with Crippen LogP contribution >= 0.6 is 11.8 Å². The predicted octanol–water partition coefficient (Wildman–Crippen LogP) is 8.91. The Labute approximate surface area is 280 Å². The molecule has 0 aliphatic rings. The number of hydrogen-bond donors (Lipinski definition) is 3. The lowest BCUT2D eigenvalue weighted by Crippen LogP contribution is -2.30. The van der Waals surface area contributed by atoms with Gasteiger partial charge >= 0.3 is 6.18 Å². The number of carbonyl (C=O) groups is 3. The molecule has 4 aromatic carbocycles. The van der Waals surface area contributed by atoms with Gasteiger partial charge in [0.05, 0.1) is 5.25 Å². The van der Waals surface area contributed by atoms with E-state index in [4.69, 9.17) is 0 Å². The highest BCUT2D eigenvalue weighted by atomic mass is 32.2. The molecule has 3 amide bonds. The van der Waals surface area contributed by atoms with Crippen LogP contribution in [0.25, 0.3) is 6.08 Å². The zero-order valence-electron chi connectivity index (χ0n) is 26.0. The van der Waals surface area contributed by atoms with E-state index in [1.54, 1.807) is 35.6 Å². The minimum Gasteiger partial charge on any atom is -0.321 e. The first-order valence-electron chi connectivity index (χ1n) is 14.6. The molecule has 3 N–H and O–H groups in total. The number of thioether (sulfide) groups is 1. The molecule has 6 nitrogen and oxygen atoms in total. The maximum absolute atomic E-state index is 14.2. The number of carbonyl (C=O) groups excluding carboxylic acids is 3. The van der Waals surface area contributed by atoms with Crippen LogP contribution in [-0.4, -0.2) is 23.0 Å². The normalized spacial score (nSPS) is 12.4. The molecule has 0 aromatic heterocycles. The highest BCUT2D eigenvalue weighted by Crippen LogP contribution is 2.39. The van der Waals surface area contributed by atoms with Gasteiger partial charge in [0.25, 0.3) is 11.8 Å². The Morgan fingerprint density at radius 2 is 1.31 bits per heavy atom. The Morgan fingerprint density at radius 1 is 0.735 bits per heavy atom. The molecule has 0 radical (unpaired) electrons. The summed E-state index contributed by atoms with van der Waals surface area (Å²) in [4.78, 5) is 39.2. The van der Waals surface area contributed by atoms with Crippen LogP contribution in [0.2, 0.25) is 0 Å². The van der Waals surface area contributed by atoms with Crippen molar-refractivity contribution in [3.05, 3.63) is 130 Å². The second kappa shape index (κ2) is 15.4. The summed E-state index contributed by atoms with van der Waals surface area (Å²) in [6.07, 6.45) is -4.20. The summed E-state index contributed by atoms with van der Waals surface area (Å²) in [5.41, 5.74) is -2.14. The summed E-state index contributed by atoms with van der Waals surface area (Å²) in [5.74, 6) is -12.2. The fraction of sp³-hybridized carbons (Fsp3) is 0.171. The van der Waals surface area contributed by atoms with Gasteiger partial charge in [0, 0.05) is 16.1 Å². The first-order chi connectivity index (χ1) is 23.1. The van der Waals surface area contributed by atoms with Crippen molar-refractivity contribution in [2.75, 3.05) is 10.6 Å². The molecule has 0 saturated carbocycles. The molecule has 14 heteroatoms. The summed E-state index contributed by atoms with van der Waals surface area (Å²) in [6, 6.07) is 21.6. The molecule has 4 aromatic rings. The number of halogens is 7. The fourth-order valence-corrected chi connectivity index (χ4v) is 5.24. The lowest BCUT2D eigenvalue weighted by atomic mass is 10.0. The number of amides is 3. The van der Waals surface area contributed by atoms with E-state index in [0.717, 1.165) is 17.3 Å². The molecular weight excluding hydrogens is 675 g/mol. The second-order valence-electron chi connectivity index (χ2n) is 10.9. The van der Waals surface area contributed by atoms with Gasteiger partial charge in [0.2, 0.25) is 5.91 Å². The SMILES string of the molecule is CC(Sc1ccc(NC(=O)/C(=C/c2ccc(C(C)C)cc2)NC(=O)c2ccccc2)cc1)C(=O)Nc1c(F)c(F)c(C(F)(F)F)c(F)c1F. The van der Waals surface area contributed by atoms with Crippen molar-refractivity contribution in [3.8, 4) is 0 Å². The maximum Gasteiger partial charge on any atom is 0.422 e. The number of hydrogen-bond acceptors (Lipinski definition) is 4. The van der Waals surface area contributed by atoms with Crippen molar-refractivity contribution in [3.63, 3.8) is 0 Å². The van der Waals surface area contributed by atoms with E-state index >= 15 is 0 Å². The number of anilines is 2. The molecule has 0 fully saturated rings. The first-order valence-corrected chi connectivity index (χ1v) is 15.4. The largest absolute Gasteiger partial charge is 0.422 e. The molecule has 4 rings (SSSR count). The fourth-order valence-electron chi connectivity index (χ4n) is 4.37. The predicted molar refractivity (Wildman–Crippen MR) is 173 cm³/mol. The van der Waals surface area contributed by atoms with Crippen LogP contribution in [-0.2, 0) is 15.8 Å².